The van der Waals surface area contributed by atoms with Gasteiger partial charge in [-0.15, -0.1) is 0 Å². The van der Waals surface area contributed by atoms with Gasteiger partial charge in [0.25, 0.3) is 0 Å². The van der Waals surface area contributed by atoms with Crippen molar-refractivity contribution in [3.63, 3.8) is 0 Å². The van der Waals surface area contributed by atoms with Gasteiger partial charge in [-0.1, -0.05) is 17.4 Å². The molecule has 8 heteroatoms. The lowest BCUT2D eigenvalue weighted by molar-refractivity contribution is -0.114. The van der Waals surface area contributed by atoms with E-state index in [1.54, 1.807) is 6.20 Å². The van der Waals surface area contributed by atoms with E-state index in [9.17, 15) is 4.79 Å². The molecule has 1 saturated heterocycles. The first-order chi connectivity index (χ1) is 13.6. The number of nitrogens with one attached hydrogen (secondary N) is 1. The Balaban J connectivity index is 1.48. The summed E-state index contributed by atoms with van der Waals surface area (Å²) in [6.45, 7) is 4.37. The fraction of sp³-hybridized carbons (Fsp3) is 0.400. The normalized spacial score (nSPS) is 15.6. The number of thiazole rings is 1. The van der Waals surface area contributed by atoms with Crippen molar-refractivity contribution in [2.75, 3.05) is 32.1 Å². The summed E-state index contributed by atoms with van der Waals surface area (Å²) in [7, 11) is 2.16. The number of nitrogens with zero attached hydrogens (tertiary/aromatic N) is 4. The number of piperidine rings is 1. The number of carbonyl (C=O) groups excluding carboxylic acids is 1. The van der Waals surface area contributed by atoms with Crippen LogP contribution in [0.15, 0.2) is 30.5 Å². The predicted molar refractivity (Wildman–Crippen MR) is 111 cm³/mol. The number of likely N-dealkylation sites (tertiary alicyclic amines) is 1. The van der Waals surface area contributed by atoms with Crippen LogP contribution < -0.4 is 10.1 Å². The van der Waals surface area contributed by atoms with Crippen molar-refractivity contribution in [2.24, 2.45) is 5.92 Å². The molecule has 1 aromatic carbocycles. The molecule has 0 atom stereocenters. The first-order valence-corrected chi connectivity index (χ1v) is 10.2. The number of amides is 1. The Morgan fingerprint density at radius 2 is 2.11 bits per heavy atom. The third-order valence-electron chi connectivity index (χ3n) is 4.89. The van der Waals surface area contributed by atoms with Gasteiger partial charge in [0, 0.05) is 18.7 Å². The van der Waals surface area contributed by atoms with Crippen molar-refractivity contribution < 1.29 is 9.53 Å². The second kappa shape index (κ2) is 8.20. The summed E-state index contributed by atoms with van der Waals surface area (Å²) in [6.07, 6.45) is 4.02. The van der Waals surface area contributed by atoms with Crippen LogP contribution >= 0.6 is 11.3 Å². The van der Waals surface area contributed by atoms with Crippen LogP contribution in [0.3, 0.4) is 0 Å². The number of fused-ring (bicyclic) bond motifs is 1. The monoisotopic (exact) mass is 397 g/mol. The summed E-state index contributed by atoms with van der Waals surface area (Å²) >= 11 is 1.45. The number of hydrogen-bond acceptors (Lipinski definition) is 7. The zero-order valence-electron chi connectivity index (χ0n) is 16.0. The van der Waals surface area contributed by atoms with Crippen molar-refractivity contribution in [2.45, 2.75) is 19.8 Å². The zero-order chi connectivity index (χ0) is 19.5. The number of anilines is 1. The number of aromatic nitrogens is 3. The minimum atomic E-state index is -0.124. The molecule has 1 amide bonds. The molecule has 0 saturated carbocycles. The van der Waals surface area contributed by atoms with Gasteiger partial charge < -0.3 is 15.0 Å². The Labute approximate surface area is 167 Å². The van der Waals surface area contributed by atoms with Crippen LogP contribution in [-0.2, 0) is 4.79 Å². The van der Waals surface area contributed by atoms with E-state index in [0.717, 1.165) is 47.4 Å². The van der Waals surface area contributed by atoms with Crippen molar-refractivity contribution in [3.8, 4) is 17.3 Å². The summed E-state index contributed by atoms with van der Waals surface area (Å²) in [4.78, 5) is 26.8. The molecular formula is C20H23N5O2S. The van der Waals surface area contributed by atoms with Crippen LogP contribution in [0.4, 0.5) is 5.13 Å². The number of ether oxygens (including phenoxy) is 1. The largest absolute Gasteiger partial charge is 0.463 e. The molecule has 146 valence electrons. The molecule has 3 aromatic rings. The third-order valence-corrected chi connectivity index (χ3v) is 5.82. The van der Waals surface area contributed by atoms with Gasteiger partial charge in [0.1, 0.15) is 0 Å². The van der Waals surface area contributed by atoms with Gasteiger partial charge in [-0.3, -0.25) is 4.79 Å². The van der Waals surface area contributed by atoms with Crippen LogP contribution in [0.5, 0.6) is 6.01 Å². The molecule has 0 bridgehead atoms. The molecule has 1 aliphatic heterocycles. The molecule has 0 spiro atoms. The highest BCUT2D eigenvalue weighted by atomic mass is 32.1. The van der Waals surface area contributed by atoms with E-state index < -0.39 is 0 Å². The van der Waals surface area contributed by atoms with E-state index in [-0.39, 0.29) is 5.91 Å². The second-order valence-corrected chi connectivity index (χ2v) is 8.20. The van der Waals surface area contributed by atoms with E-state index in [1.165, 1.54) is 18.3 Å². The maximum atomic E-state index is 11.2. The van der Waals surface area contributed by atoms with Crippen LogP contribution in [0, 0.1) is 5.92 Å². The molecule has 2 aromatic heterocycles. The first kappa shape index (κ1) is 18.8. The number of benzene rings is 1. The van der Waals surface area contributed by atoms with Crippen molar-refractivity contribution in [1.82, 2.24) is 19.9 Å². The Bertz CT molecular complexity index is 982. The standard InChI is InChI=1S/C20H23N5O2S/c1-13(26)22-20-24-17-4-3-15(11-18(17)28-20)16-5-8-21-19(23-16)27-12-14-6-9-25(2)10-7-14/h3-5,8,11,14H,6-7,9-10,12H2,1-2H3,(H,22,24,26). The Morgan fingerprint density at radius 3 is 2.89 bits per heavy atom. The van der Waals surface area contributed by atoms with E-state index in [2.05, 4.69) is 32.2 Å². The molecule has 1 N–H and O–H groups in total. The van der Waals surface area contributed by atoms with E-state index >= 15 is 0 Å². The number of carbonyl (C=O) groups is 1. The van der Waals surface area contributed by atoms with Gasteiger partial charge in [0.15, 0.2) is 5.13 Å². The lowest BCUT2D eigenvalue weighted by Crippen LogP contribution is -2.32. The Hall–Kier alpha value is -2.58. The second-order valence-electron chi connectivity index (χ2n) is 7.16. The van der Waals surface area contributed by atoms with Crippen LogP contribution in [0.25, 0.3) is 21.5 Å². The van der Waals surface area contributed by atoms with Crippen molar-refractivity contribution >= 4 is 32.6 Å². The van der Waals surface area contributed by atoms with Gasteiger partial charge >= 0.3 is 6.01 Å². The average molecular weight is 398 g/mol. The minimum Gasteiger partial charge on any atom is -0.463 e. The highest BCUT2D eigenvalue weighted by molar-refractivity contribution is 7.22. The van der Waals surface area contributed by atoms with Crippen molar-refractivity contribution in [3.05, 3.63) is 30.5 Å². The van der Waals surface area contributed by atoms with Gasteiger partial charge in [-0.05, 0) is 57.1 Å². The summed E-state index contributed by atoms with van der Waals surface area (Å²) < 4.78 is 6.87. The highest BCUT2D eigenvalue weighted by Crippen LogP contribution is 2.30. The lowest BCUT2D eigenvalue weighted by atomic mass is 9.98. The Kier molecular flexibility index (Phi) is 5.50. The average Bonchev–Trinajstić information content (AvgIpc) is 3.08. The van der Waals surface area contributed by atoms with Gasteiger partial charge in [-0.2, -0.15) is 4.98 Å². The molecule has 7 nitrogen and oxygen atoms in total. The van der Waals surface area contributed by atoms with E-state index in [4.69, 9.17) is 4.74 Å². The molecular weight excluding hydrogens is 374 g/mol. The molecule has 0 aliphatic carbocycles. The SMILES string of the molecule is CC(=O)Nc1nc2ccc(-c3ccnc(OCC4CCN(C)CC4)n3)cc2s1. The molecule has 1 fully saturated rings. The van der Waals surface area contributed by atoms with Crippen LogP contribution in [-0.4, -0.2) is 52.5 Å². The summed E-state index contributed by atoms with van der Waals surface area (Å²) in [5.41, 5.74) is 2.63. The maximum absolute atomic E-state index is 11.2. The topological polar surface area (TPSA) is 80.2 Å². The van der Waals surface area contributed by atoms with Gasteiger partial charge in [-0.25, -0.2) is 9.97 Å². The van der Waals surface area contributed by atoms with Crippen molar-refractivity contribution in [1.29, 1.82) is 0 Å². The minimum absolute atomic E-state index is 0.124. The lowest BCUT2D eigenvalue weighted by Gasteiger charge is -2.28. The first-order valence-electron chi connectivity index (χ1n) is 9.40. The summed E-state index contributed by atoms with van der Waals surface area (Å²) in [6, 6.07) is 8.23. The molecule has 0 radical (unpaired) electrons. The highest BCUT2D eigenvalue weighted by Gasteiger charge is 2.17. The molecule has 3 heterocycles. The zero-order valence-corrected chi connectivity index (χ0v) is 16.8. The van der Waals surface area contributed by atoms with Gasteiger partial charge in [0.05, 0.1) is 22.5 Å². The Morgan fingerprint density at radius 1 is 1.29 bits per heavy atom. The summed E-state index contributed by atoms with van der Waals surface area (Å²) in [5.74, 6) is 0.436. The van der Waals surface area contributed by atoms with E-state index in [1.807, 2.05) is 24.3 Å². The molecule has 28 heavy (non-hydrogen) atoms. The van der Waals surface area contributed by atoms with Gasteiger partial charge in [0.2, 0.25) is 5.91 Å². The third kappa shape index (κ3) is 4.45. The maximum Gasteiger partial charge on any atom is 0.316 e. The quantitative estimate of drug-likeness (QED) is 0.710. The summed E-state index contributed by atoms with van der Waals surface area (Å²) in [5, 5.41) is 3.33. The molecule has 1 aliphatic rings. The molecule has 0 unspecified atom stereocenters. The number of rotatable bonds is 5. The van der Waals surface area contributed by atoms with Crippen LogP contribution in [0.1, 0.15) is 19.8 Å². The predicted octanol–water partition coefficient (Wildman–Crippen LogP) is 3.43. The van der Waals surface area contributed by atoms with Crippen LogP contribution in [0.2, 0.25) is 0 Å². The smallest absolute Gasteiger partial charge is 0.316 e. The molecule has 4 rings (SSSR count). The fourth-order valence-electron chi connectivity index (χ4n) is 3.28. The fourth-order valence-corrected chi connectivity index (χ4v) is 4.23. The number of hydrogen-bond donors (Lipinski definition) is 1. The van der Waals surface area contributed by atoms with E-state index in [0.29, 0.717) is 23.7 Å².